The fourth-order valence-electron chi connectivity index (χ4n) is 2.67. The van der Waals surface area contributed by atoms with Gasteiger partial charge in [-0.1, -0.05) is 38.5 Å². The predicted octanol–water partition coefficient (Wildman–Crippen LogP) is 4.06. The molecular formula is C21H20BrIN6O4. The average molecular weight is 627 g/mol. The van der Waals surface area contributed by atoms with E-state index in [2.05, 4.69) is 46.8 Å². The van der Waals surface area contributed by atoms with Gasteiger partial charge in [-0.3, -0.25) is 14.4 Å². The van der Waals surface area contributed by atoms with E-state index in [1.807, 2.05) is 22.6 Å². The molecule has 4 N–H and O–H groups in total. The summed E-state index contributed by atoms with van der Waals surface area (Å²) in [6.07, 6.45) is 0. The number of fused-ring (bicyclic) bond motifs is 1. The molecule has 0 aliphatic heterocycles. The lowest BCUT2D eigenvalue weighted by molar-refractivity contribution is -0.125. The lowest BCUT2D eigenvalue weighted by Crippen LogP contribution is -2.34. The molecule has 33 heavy (non-hydrogen) atoms. The Morgan fingerprint density at radius 1 is 1.03 bits per heavy atom. The van der Waals surface area contributed by atoms with Crippen LogP contribution < -0.4 is 16.3 Å². The van der Waals surface area contributed by atoms with Gasteiger partial charge in [-0.05, 0) is 56.3 Å². The second-order valence-corrected chi connectivity index (χ2v) is 10.3. The van der Waals surface area contributed by atoms with E-state index in [4.69, 9.17) is 0 Å². The van der Waals surface area contributed by atoms with Gasteiger partial charge in [0.15, 0.2) is 5.78 Å². The Morgan fingerprint density at radius 2 is 1.67 bits per heavy atom. The Morgan fingerprint density at radius 3 is 2.30 bits per heavy atom. The fraction of sp³-hybridized carbons (Fsp3) is 0.238. The van der Waals surface area contributed by atoms with Crippen molar-refractivity contribution >= 4 is 84.2 Å². The number of anilines is 2. The monoisotopic (exact) mass is 626 g/mol. The maximum absolute atomic E-state index is 12.7. The SMILES string of the molecule is CC(C)(Br)C(=O)Nc1ccc(N=NC(C(=O)CI)C(=O)Nc2ccc3[nH]c(=O)[nH]c3c2)cc1. The number of ketones is 1. The van der Waals surface area contributed by atoms with Crippen LogP contribution in [0.5, 0.6) is 0 Å². The van der Waals surface area contributed by atoms with Gasteiger partial charge >= 0.3 is 5.69 Å². The highest BCUT2D eigenvalue weighted by molar-refractivity contribution is 14.1. The molecule has 0 bridgehead atoms. The number of imidazole rings is 1. The molecule has 0 aliphatic carbocycles. The van der Waals surface area contributed by atoms with Crippen LogP contribution in [0.15, 0.2) is 57.5 Å². The number of amides is 2. The number of nitrogens with zero attached hydrogens (tertiary/aromatic N) is 2. The third-order valence-corrected chi connectivity index (χ3v) is 5.53. The molecule has 0 saturated carbocycles. The van der Waals surface area contributed by atoms with Crippen LogP contribution in [-0.2, 0) is 14.4 Å². The Bertz CT molecular complexity index is 1280. The Kier molecular flexibility index (Phi) is 7.79. The number of alkyl halides is 2. The maximum atomic E-state index is 12.7. The van der Waals surface area contributed by atoms with E-state index < -0.39 is 22.1 Å². The van der Waals surface area contributed by atoms with Crippen LogP contribution in [0.1, 0.15) is 13.8 Å². The van der Waals surface area contributed by atoms with Gasteiger partial charge in [-0.25, -0.2) is 4.79 Å². The summed E-state index contributed by atoms with van der Waals surface area (Å²) in [5.41, 5.74) is 2.14. The summed E-state index contributed by atoms with van der Waals surface area (Å²) < 4.78 is -0.640. The molecule has 0 fully saturated rings. The molecule has 1 aromatic heterocycles. The number of azo groups is 1. The van der Waals surface area contributed by atoms with E-state index in [1.165, 1.54) is 0 Å². The number of Topliss-reactive ketones (excluding diaryl/α,β-unsaturated/α-hetero) is 1. The Balaban J connectivity index is 1.72. The molecule has 2 amide bonds. The lowest BCUT2D eigenvalue weighted by atomic mass is 10.2. The highest BCUT2D eigenvalue weighted by atomic mass is 127. The largest absolute Gasteiger partial charge is 0.325 e. The smallest absolute Gasteiger partial charge is 0.323 e. The van der Waals surface area contributed by atoms with Gasteiger partial charge in [0.25, 0.3) is 5.91 Å². The number of nitrogens with one attached hydrogen (secondary N) is 4. The zero-order valence-corrected chi connectivity index (χ0v) is 21.4. The molecule has 3 aromatic rings. The molecule has 12 heteroatoms. The van der Waals surface area contributed by atoms with Crippen LogP contribution in [0.4, 0.5) is 17.1 Å². The number of aromatic nitrogens is 2. The van der Waals surface area contributed by atoms with Crippen LogP contribution in [-0.4, -0.2) is 42.4 Å². The Labute approximate surface area is 210 Å². The number of rotatable bonds is 8. The second-order valence-electron chi connectivity index (χ2n) is 7.52. The number of hydrogen-bond donors (Lipinski definition) is 4. The fourth-order valence-corrected chi connectivity index (χ4v) is 3.19. The molecule has 2 aromatic carbocycles. The normalized spacial score (nSPS) is 12.6. The van der Waals surface area contributed by atoms with Gasteiger partial charge in [-0.15, -0.1) is 0 Å². The first kappa shape index (κ1) is 24.8. The first-order chi connectivity index (χ1) is 15.6. The number of benzene rings is 2. The number of carbonyl (C=O) groups is 3. The molecule has 172 valence electrons. The minimum absolute atomic E-state index is 0.0757. The molecule has 0 saturated heterocycles. The van der Waals surface area contributed by atoms with E-state index in [1.54, 1.807) is 56.3 Å². The molecule has 0 aliphatic rings. The summed E-state index contributed by atoms with van der Waals surface area (Å²) in [5, 5.41) is 13.4. The summed E-state index contributed by atoms with van der Waals surface area (Å²) in [4.78, 5) is 53.7. The Hall–Kier alpha value is -2.87. The highest BCUT2D eigenvalue weighted by Gasteiger charge is 2.26. The van der Waals surface area contributed by atoms with E-state index in [9.17, 15) is 19.2 Å². The van der Waals surface area contributed by atoms with Crippen molar-refractivity contribution in [1.29, 1.82) is 0 Å². The van der Waals surface area contributed by atoms with Gasteiger partial charge in [0.2, 0.25) is 11.9 Å². The summed E-state index contributed by atoms with van der Waals surface area (Å²) in [6, 6.07) is 10.00. The predicted molar refractivity (Wildman–Crippen MR) is 138 cm³/mol. The summed E-state index contributed by atoms with van der Waals surface area (Å²) in [7, 11) is 0. The molecule has 0 spiro atoms. The third kappa shape index (κ3) is 6.57. The van der Waals surface area contributed by atoms with Crippen molar-refractivity contribution in [2.45, 2.75) is 24.2 Å². The van der Waals surface area contributed by atoms with Crippen LogP contribution in [0.2, 0.25) is 0 Å². The minimum atomic E-state index is -1.34. The molecule has 10 nitrogen and oxygen atoms in total. The standard InChI is InChI=1S/C21H20BrIN6O4/c1-21(2,22)19(32)25-11-3-5-12(6-4-11)28-29-17(16(30)10-23)18(31)24-13-7-8-14-15(9-13)27-20(33)26-14/h3-9,17H,10H2,1-2H3,(H,24,31)(H,25,32)(H2,26,27,33). The highest BCUT2D eigenvalue weighted by Crippen LogP contribution is 2.22. The molecule has 1 heterocycles. The van der Waals surface area contributed by atoms with Crippen molar-refractivity contribution in [2.24, 2.45) is 10.2 Å². The first-order valence-corrected chi connectivity index (χ1v) is 12.0. The zero-order chi connectivity index (χ0) is 24.2. The topological polar surface area (TPSA) is 149 Å². The van der Waals surface area contributed by atoms with Crippen molar-refractivity contribution in [2.75, 3.05) is 15.1 Å². The maximum Gasteiger partial charge on any atom is 0.323 e. The number of carbonyl (C=O) groups excluding carboxylic acids is 3. The van der Waals surface area contributed by atoms with Gasteiger partial charge < -0.3 is 20.6 Å². The van der Waals surface area contributed by atoms with Crippen molar-refractivity contribution in [3.8, 4) is 0 Å². The van der Waals surface area contributed by atoms with Crippen molar-refractivity contribution < 1.29 is 14.4 Å². The number of hydrogen-bond acceptors (Lipinski definition) is 6. The quantitative estimate of drug-likeness (QED) is 0.129. The van der Waals surface area contributed by atoms with Gasteiger partial charge in [0.05, 0.1) is 25.5 Å². The molecular weight excluding hydrogens is 607 g/mol. The van der Waals surface area contributed by atoms with E-state index in [-0.39, 0.29) is 16.0 Å². The minimum Gasteiger partial charge on any atom is -0.325 e. The van der Waals surface area contributed by atoms with Gasteiger partial charge in [0, 0.05) is 11.4 Å². The van der Waals surface area contributed by atoms with Crippen LogP contribution in [0, 0.1) is 0 Å². The third-order valence-electron chi connectivity index (χ3n) is 4.42. The molecule has 1 atom stereocenters. The number of halogens is 2. The average Bonchev–Trinajstić information content (AvgIpc) is 3.13. The van der Waals surface area contributed by atoms with E-state index >= 15 is 0 Å². The summed E-state index contributed by atoms with van der Waals surface area (Å²) >= 11 is 5.16. The molecule has 1 unspecified atom stereocenters. The van der Waals surface area contributed by atoms with Crippen molar-refractivity contribution in [3.05, 3.63) is 52.9 Å². The lowest BCUT2D eigenvalue weighted by Gasteiger charge is -2.15. The van der Waals surface area contributed by atoms with Crippen LogP contribution >= 0.6 is 38.5 Å². The summed E-state index contributed by atoms with van der Waals surface area (Å²) in [5.74, 6) is -1.25. The zero-order valence-electron chi connectivity index (χ0n) is 17.6. The molecule has 3 rings (SSSR count). The van der Waals surface area contributed by atoms with Gasteiger partial charge in [0.1, 0.15) is 0 Å². The van der Waals surface area contributed by atoms with Crippen molar-refractivity contribution in [3.63, 3.8) is 0 Å². The summed E-state index contributed by atoms with van der Waals surface area (Å²) in [6.45, 7) is 3.46. The first-order valence-electron chi connectivity index (χ1n) is 9.69. The van der Waals surface area contributed by atoms with Gasteiger partial charge in [-0.2, -0.15) is 10.2 Å². The van der Waals surface area contributed by atoms with Crippen molar-refractivity contribution in [1.82, 2.24) is 9.97 Å². The van der Waals surface area contributed by atoms with Crippen LogP contribution in [0.25, 0.3) is 11.0 Å². The van der Waals surface area contributed by atoms with Crippen LogP contribution in [0.3, 0.4) is 0 Å². The number of aromatic amines is 2. The number of H-pyrrole nitrogens is 2. The second kappa shape index (κ2) is 10.4. The van der Waals surface area contributed by atoms with E-state index in [0.29, 0.717) is 28.1 Å². The molecule has 0 radical (unpaired) electrons. The van der Waals surface area contributed by atoms with E-state index in [0.717, 1.165) is 0 Å².